The number of hydrogen-bond donors (Lipinski definition) is 1. The number of nitrogen functional groups attached to an aromatic ring is 1. The van der Waals surface area contributed by atoms with Gasteiger partial charge in [-0.15, -0.1) is 0 Å². The van der Waals surface area contributed by atoms with E-state index in [1.54, 1.807) is 6.07 Å². The van der Waals surface area contributed by atoms with E-state index in [1.165, 1.54) is 6.07 Å². The Kier molecular flexibility index (Phi) is 5.54. The van der Waals surface area contributed by atoms with E-state index in [0.717, 1.165) is 50.6 Å². The minimum atomic E-state index is -0.136. The van der Waals surface area contributed by atoms with Crippen LogP contribution in [0.2, 0.25) is 0 Å². The highest BCUT2D eigenvalue weighted by atomic mass is 19.1. The number of hydrogen-bond acceptors (Lipinski definition) is 4. The van der Waals surface area contributed by atoms with Gasteiger partial charge < -0.3 is 15.4 Å². The number of rotatable bonds is 6. The maximum atomic E-state index is 13.8. The third kappa shape index (κ3) is 4.38. The molecular weight excluding hydrogens is 305 g/mol. The standard InChI is InChI=1S/C19H24FN3O/c20-18-4-1-2-5-19(18)23-13-11-22(12-14-23)10-3-15-24-17-8-6-16(21)7-9-17/h1-2,4-9H,3,10-15,21H2. The average Bonchev–Trinajstić information content (AvgIpc) is 2.61. The van der Waals surface area contributed by atoms with Gasteiger partial charge in [-0.05, 0) is 42.8 Å². The van der Waals surface area contributed by atoms with Gasteiger partial charge in [0.1, 0.15) is 11.6 Å². The van der Waals surface area contributed by atoms with Crippen molar-refractivity contribution in [3.8, 4) is 5.75 Å². The molecule has 3 rings (SSSR count). The zero-order valence-corrected chi connectivity index (χ0v) is 13.8. The summed E-state index contributed by atoms with van der Waals surface area (Å²) in [7, 11) is 0. The number of benzene rings is 2. The quantitative estimate of drug-likeness (QED) is 0.653. The molecule has 0 amide bonds. The molecule has 2 aromatic rings. The molecule has 5 heteroatoms. The molecule has 1 heterocycles. The zero-order valence-electron chi connectivity index (χ0n) is 13.8. The first-order valence-electron chi connectivity index (χ1n) is 8.42. The minimum absolute atomic E-state index is 0.136. The molecule has 2 aromatic carbocycles. The van der Waals surface area contributed by atoms with E-state index in [2.05, 4.69) is 9.80 Å². The molecule has 0 aliphatic carbocycles. The van der Waals surface area contributed by atoms with Crippen LogP contribution < -0.4 is 15.4 Å². The summed E-state index contributed by atoms with van der Waals surface area (Å²) >= 11 is 0. The van der Waals surface area contributed by atoms with Gasteiger partial charge in [0.25, 0.3) is 0 Å². The van der Waals surface area contributed by atoms with Crippen LogP contribution in [0.5, 0.6) is 5.75 Å². The van der Waals surface area contributed by atoms with Gasteiger partial charge in [0, 0.05) is 38.4 Å². The Morgan fingerprint density at radius 1 is 0.958 bits per heavy atom. The lowest BCUT2D eigenvalue weighted by molar-refractivity contribution is 0.224. The van der Waals surface area contributed by atoms with Crippen molar-refractivity contribution in [3.63, 3.8) is 0 Å². The van der Waals surface area contributed by atoms with Crippen molar-refractivity contribution >= 4 is 11.4 Å². The minimum Gasteiger partial charge on any atom is -0.494 e. The Morgan fingerprint density at radius 2 is 1.67 bits per heavy atom. The number of anilines is 2. The van der Waals surface area contributed by atoms with Crippen LogP contribution in [-0.2, 0) is 0 Å². The van der Waals surface area contributed by atoms with E-state index in [9.17, 15) is 4.39 Å². The molecule has 1 aliphatic heterocycles. The third-order valence-corrected chi connectivity index (χ3v) is 4.33. The van der Waals surface area contributed by atoms with Crippen molar-refractivity contribution in [2.75, 3.05) is 50.0 Å². The largest absolute Gasteiger partial charge is 0.494 e. The summed E-state index contributed by atoms with van der Waals surface area (Å²) in [4.78, 5) is 4.53. The number of nitrogens with zero attached hydrogens (tertiary/aromatic N) is 2. The van der Waals surface area contributed by atoms with Gasteiger partial charge in [0.2, 0.25) is 0 Å². The molecule has 0 spiro atoms. The summed E-state index contributed by atoms with van der Waals surface area (Å²) in [6.45, 7) is 5.32. The van der Waals surface area contributed by atoms with E-state index in [0.29, 0.717) is 12.3 Å². The Balaban J connectivity index is 1.37. The fourth-order valence-electron chi connectivity index (χ4n) is 2.96. The van der Waals surface area contributed by atoms with Crippen LogP contribution in [0.25, 0.3) is 0 Å². The van der Waals surface area contributed by atoms with Crippen LogP contribution in [0.15, 0.2) is 48.5 Å². The van der Waals surface area contributed by atoms with E-state index in [-0.39, 0.29) is 5.82 Å². The van der Waals surface area contributed by atoms with E-state index >= 15 is 0 Å². The van der Waals surface area contributed by atoms with Gasteiger partial charge in [-0.3, -0.25) is 4.90 Å². The van der Waals surface area contributed by atoms with Gasteiger partial charge in [-0.2, -0.15) is 0 Å². The van der Waals surface area contributed by atoms with Crippen LogP contribution in [0, 0.1) is 5.82 Å². The molecule has 1 fully saturated rings. The second-order valence-corrected chi connectivity index (χ2v) is 6.05. The van der Waals surface area contributed by atoms with Crippen molar-refractivity contribution in [2.24, 2.45) is 0 Å². The van der Waals surface area contributed by atoms with Gasteiger partial charge in [-0.1, -0.05) is 12.1 Å². The summed E-state index contributed by atoms with van der Waals surface area (Å²) in [5, 5.41) is 0. The van der Waals surface area contributed by atoms with Crippen LogP contribution in [0.4, 0.5) is 15.8 Å². The average molecular weight is 329 g/mol. The number of para-hydroxylation sites is 1. The molecule has 0 radical (unpaired) electrons. The van der Waals surface area contributed by atoms with E-state index in [4.69, 9.17) is 10.5 Å². The molecule has 0 atom stereocenters. The monoisotopic (exact) mass is 329 g/mol. The Hall–Kier alpha value is -2.27. The lowest BCUT2D eigenvalue weighted by Gasteiger charge is -2.36. The van der Waals surface area contributed by atoms with Crippen LogP contribution >= 0.6 is 0 Å². The van der Waals surface area contributed by atoms with Crippen molar-refractivity contribution in [1.82, 2.24) is 4.90 Å². The van der Waals surface area contributed by atoms with Gasteiger partial charge in [-0.25, -0.2) is 4.39 Å². The number of nitrogens with two attached hydrogens (primary N) is 1. The van der Waals surface area contributed by atoms with Crippen molar-refractivity contribution < 1.29 is 9.13 Å². The van der Waals surface area contributed by atoms with E-state index in [1.807, 2.05) is 36.4 Å². The summed E-state index contributed by atoms with van der Waals surface area (Å²) in [5.41, 5.74) is 7.11. The molecule has 0 saturated carbocycles. The van der Waals surface area contributed by atoms with Crippen molar-refractivity contribution in [2.45, 2.75) is 6.42 Å². The number of piperazine rings is 1. The fourth-order valence-corrected chi connectivity index (χ4v) is 2.96. The molecule has 0 unspecified atom stereocenters. The molecule has 1 saturated heterocycles. The number of halogens is 1. The summed E-state index contributed by atoms with van der Waals surface area (Å²) in [6.07, 6.45) is 0.976. The van der Waals surface area contributed by atoms with Gasteiger partial charge in [0.15, 0.2) is 0 Å². The lowest BCUT2D eigenvalue weighted by Crippen LogP contribution is -2.47. The lowest BCUT2D eigenvalue weighted by atomic mass is 10.2. The molecular formula is C19H24FN3O. The van der Waals surface area contributed by atoms with Crippen molar-refractivity contribution in [3.05, 3.63) is 54.3 Å². The van der Waals surface area contributed by atoms with Crippen LogP contribution in [0.1, 0.15) is 6.42 Å². The Morgan fingerprint density at radius 3 is 2.38 bits per heavy atom. The highest BCUT2D eigenvalue weighted by Crippen LogP contribution is 2.20. The maximum Gasteiger partial charge on any atom is 0.146 e. The predicted octanol–water partition coefficient (Wildman–Crippen LogP) is 3.00. The van der Waals surface area contributed by atoms with Gasteiger partial charge in [0.05, 0.1) is 12.3 Å². The third-order valence-electron chi connectivity index (χ3n) is 4.33. The molecule has 0 bridgehead atoms. The fraction of sp³-hybridized carbons (Fsp3) is 0.368. The molecule has 128 valence electrons. The highest BCUT2D eigenvalue weighted by molar-refractivity contribution is 5.48. The summed E-state index contributed by atoms with van der Waals surface area (Å²) < 4.78 is 19.5. The van der Waals surface area contributed by atoms with Crippen LogP contribution in [0.3, 0.4) is 0 Å². The molecule has 4 nitrogen and oxygen atoms in total. The first-order chi connectivity index (χ1) is 11.7. The summed E-state index contributed by atoms with van der Waals surface area (Å²) in [6, 6.07) is 14.5. The summed E-state index contributed by atoms with van der Waals surface area (Å²) in [5.74, 6) is 0.719. The normalized spacial score (nSPS) is 15.5. The van der Waals surface area contributed by atoms with Crippen LogP contribution in [-0.4, -0.2) is 44.2 Å². The van der Waals surface area contributed by atoms with E-state index < -0.39 is 0 Å². The predicted molar refractivity (Wildman–Crippen MR) is 96.0 cm³/mol. The Labute approximate surface area is 142 Å². The first-order valence-corrected chi connectivity index (χ1v) is 8.42. The molecule has 0 aromatic heterocycles. The first kappa shape index (κ1) is 16.6. The van der Waals surface area contributed by atoms with Crippen molar-refractivity contribution in [1.29, 1.82) is 0 Å². The zero-order chi connectivity index (χ0) is 16.8. The smallest absolute Gasteiger partial charge is 0.146 e. The molecule has 24 heavy (non-hydrogen) atoms. The highest BCUT2D eigenvalue weighted by Gasteiger charge is 2.18. The Bertz CT molecular complexity index is 639. The molecule has 2 N–H and O–H groups in total. The second-order valence-electron chi connectivity index (χ2n) is 6.05. The van der Waals surface area contributed by atoms with Gasteiger partial charge >= 0.3 is 0 Å². The number of ether oxygens (including phenoxy) is 1. The maximum absolute atomic E-state index is 13.8. The second kappa shape index (κ2) is 8.02. The molecule has 1 aliphatic rings. The SMILES string of the molecule is Nc1ccc(OCCCN2CCN(c3ccccc3F)CC2)cc1. The topological polar surface area (TPSA) is 41.7 Å².